The number of hydrogen-bond donors (Lipinski definition) is 0. The molecule has 1 unspecified atom stereocenters. The lowest BCUT2D eigenvalue weighted by atomic mass is 10.1. The number of carbonyl (C=O) groups is 2. The maximum atomic E-state index is 12.8. The van der Waals surface area contributed by atoms with Crippen LogP contribution in [0, 0.1) is 0 Å². The van der Waals surface area contributed by atoms with E-state index in [-0.39, 0.29) is 25.2 Å². The van der Waals surface area contributed by atoms with Crippen molar-refractivity contribution < 1.29 is 23.8 Å². The minimum atomic E-state index is -0.581. The third kappa shape index (κ3) is 53.2. The minimum Gasteiger partial charge on any atom is -0.462 e. The van der Waals surface area contributed by atoms with Crippen molar-refractivity contribution in [1.29, 1.82) is 0 Å². The number of esters is 2. The highest BCUT2D eigenvalue weighted by atomic mass is 16.6. The molecule has 1 atom stereocenters. The summed E-state index contributed by atoms with van der Waals surface area (Å²) in [6.45, 7) is 7.58. The van der Waals surface area contributed by atoms with Crippen molar-refractivity contribution >= 4 is 11.9 Å². The first kappa shape index (κ1) is 62.6. The first-order valence-electron chi connectivity index (χ1n) is 27.4. The van der Waals surface area contributed by atoms with Crippen molar-refractivity contribution in [3.05, 3.63) is 109 Å². The van der Waals surface area contributed by atoms with Gasteiger partial charge in [0.1, 0.15) is 6.61 Å². The van der Waals surface area contributed by atoms with Crippen LogP contribution in [-0.4, -0.2) is 37.9 Å². The van der Waals surface area contributed by atoms with Crippen molar-refractivity contribution in [2.75, 3.05) is 19.8 Å². The molecule has 0 aromatic carbocycles. The Balaban J connectivity index is 4.42. The standard InChI is InChI=1S/C61H102O5/c1-4-7-10-13-16-19-22-25-28-30-31-33-34-36-39-42-45-48-51-54-60(62)65-58-59(57-64-56-53-50-47-44-41-38-27-24-21-18-15-12-9-6-3)66-61(63)55-52-49-46-43-40-37-35-32-29-26-23-20-17-14-11-8-5-2/h7,10,16-17,19-21,24-26,28-29,31,33,36,39,45,48,59H,4-6,8-9,11-15,18,22-23,27,30,32,34-35,37-38,40-44,46-47,49-58H2,1-3H3/b10-7-,19-16-,20-17-,24-21-,28-25-,29-26-,33-31-,39-36-,48-45-. The Kier molecular flexibility index (Phi) is 53.0. The summed E-state index contributed by atoms with van der Waals surface area (Å²) in [4.78, 5) is 25.4. The predicted molar refractivity (Wildman–Crippen MR) is 288 cm³/mol. The van der Waals surface area contributed by atoms with Gasteiger partial charge in [0, 0.05) is 19.4 Å². The van der Waals surface area contributed by atoms with Gasteiger partial charge < -0.3 is 14.2 Å². The molecular weight excluding hydrogens is 813 g/mol. The van der Waals surface area contributed by atoms with Gasteiger partial charge in [0.2, 0.25) is 0 Å². The second-order valence-corrected chi connectivity index (χ2v) is 17.7. The van der Waals surface area contributed by atoms with Crippen LogP contribution in [0.25, 0.3) is 0 Å². The van der Waals surface area contributed by atoms with Gasteiger partial charge >= 0.3 is 11.9 Å². The first-order valence-corrected chi connectivity index (χ1v) is 27.4. The molecule has 0 fully saturated rings. The number of hydrogen-bond acceptors (Lipinski definition) is 5. The molecule has 0 spiro atoms. The SMILES string of the molecule is CC/C=C\C/C=C\C/C=C\C/C=C\C/C=C\C/C=C\CCC(=O)OCC(COCCCCCCCC/C=C\CCCCCC)OC(=O)CCCCCCCCC/C=C\C/C=C\CCCCC. The average molecular weight is 915 g/mol. The van der Waals surface area contributed by atoms with Crippen LogP contribution in [-0.2, 0) is 23.8 Å². The Morgan fingerprint density at radius 1 is 0.348 bits per heavy atom. The average Bonchev–Trinajstić information content (AvgIpc) is 3.32. The smallest absolute Gasteiger partial charge is 0.306 e. The van der Waals surface area contributed by atoms with Crippen molar-refractivity contribution in [2.24, 2.45) is 0 Å². The van der Waals surface area contributed by atoms with E-state index in [1.807, 2.05) is 6.08 Å². The minimum absolute atomic E-state index is 0.0342. The molecule has 0 aromatic heterocycles. The number of carbonyl (C=O) groups excluding carboxylic acids is 2. The Hall–Kier alpha value is -3.44. The van der Waals surface area contributed by atoms with Gasteiger partial charge in [0.25, 0.3) is 0 Å². The van der Waals surface area contributed by atoms with E-state index in [4.69, 9.17) is 14.2 Å². The molecule has 0 aliphatic rings. The zero-order chi connectivity index (χ0) is 47.7. The monoisotopic (exact) mass is 915 g/mol. The van der Waals surface area contributed by atoms with Crippen molar-refractivity contribution in [1.82, 2.24) is 0 Å². The predicted octanol–water partition coefficient (Wildman–Crippen LogP) is 18.8. The van der Waals surface area contributed by atoms with Gasteiger partial charge in [-0.25, -0.2) is 0 Å². The van der Waals surface area contributed by atoms with Crippen molar-refractivity contribution in [2.45, 2.75) is 245 Å². The van der Waals surface area contributed by atoms with Crippen LogP contribution in [0.3, 0.4) is 0 Å². The fraction of sp³-hybridized carbons (Fsp3) is 0.672. The van der Waals surface area contributed by atoms with Gasteiger partial charge in [-0.3, -0.25) is 9.59 Å². The molecule has 0 aliphatic carbocycles. The van der Waals surface area contributed by atoms with E-state index in [2.05, 4.69) is 124 Å². The summed E-state index contributed by atoms with van der Waals surface area (Å²) in [7, 11) is 0. The van der Waals surface area contributed by atoms with E-state index >= 15 is 0 Å². The lowest BCUT2D eigenvalue weighted by molar-refractivity contribution is -0.162. The van der Waals surface area contributed by atoms with E-state index in [1.54, 1.807) is 0 Å². The van der Waals surface area contributed by atoms with Crippen molar-refractivity contribution in [3.63, 3.8) is 0 Å². The van der Waals surface area contributed by atoms with Gasteiger partial charge in [-0.2, -0.15) is 0 Å². The van der Waals surface area contributed by atoms with E-state index in [1.165, 1.54) is 116 Å². The largest absolute Gasteiger partial charge is 0.462 e. The quantitative estimate of drug-likeness (QED) is 0.0346. The summed E-state index contributed by atoms with van der Waals surface area (Å²) in [6.07, 6.45) is 76.8. The Morgan fingerprint density at radius 2 is 0.712 bits per heavy atom. The fourth-order valence-corrected chi connectivity index (χ4v) is 7.21. The molecule has 0 aliphatic heterocycles. The van der Waals surface area contributed by atoms with Gasteiger partial charge in [0.15, 0.2) is 6.10 Å². The van der Waals surface area contributed by atoms with E-state index < -0.39 is 6.10 Å². The molecule has 0 aromatic rings. The van der Waals surface area contributed by atoms with Crippen LogP contribution in [0.2, 0.25) is 0 Å². The topological polar surface area (TPSA) is 61.8 Å². The summed E-state index contributed by atoms with van der Waals surface area (Å²) in [5, 5.41) is 0. The molecule has 0 saturated carbocycles. The van der Waals surface area contributed by atoms with Gasteiger partial charge in [-0.05, 0) is 116 Å². The third-order valence-corrected chi connectivity index (χ3v) is 11.3. The Morgan fingerprint density at radius 3 is 1.20 bits per heavy atom. The first-order chi connectivity index (χ1) is 32.6. The van der Waals surface area contributed by atoms with Crippen LogP contribution in [0.5, 0.6) is 0 Å². The zero-order valence-electron chi connectivity index (χ0n) is 43.2. The molecular formula is C61H102O5. The van der Waals surface area contributed by atoms with Gasteiger partial charge in [-0.15, -0.1) is 0 Å². The second kappa shape index (κ2) is 55.9. The molecule has 5 heteroatoms. The summed E-state index contributed by atoms with van der Waals surface area (Å²) < 4.78 is 17.4. The highest BCUT2D eigenvalue weighted by Crippen LogP contribution is 2.13. The Bertz CT molecular complexity index is 1310. The molecule has 0 saturated heterocycles. The lowest BCUT2D eigenvalue weighted by Gasteiger charge is -2.18. The second-order valence-electron chi connectivity index (χ2n) is 17.7. The fourth-order valence-electron chi connectivity index (χ4n) is 7.21. The van der Waals surface area contributed by atoms with E-state index in [0.717, 1.165) is 83.5 Å². The highest BCUT2D eigenvalue weighted by Gasteiger charge is 2.17. The molecule has 5 nitrogen and oxygen atoms in total. The normalized spacial score (nSPS) is 13.1. The zero-order valence-corrected chi connectivity index (χ0v) is 43.2. The van der Waals surface area contributed by atoms with Crippen LogP contribution in [0.1, 0.15) is 239 Å². The maximum absolute atomic E-state index is 12.8. The molecule has 66 heavy (non-hydrogen) atoms. The van der Waals surface area contributed by atoms with E-state index in [0.29, 0.717) is 25.9 Å². The van der Waals surface area contributed by atoms with Gasteiger partial charge in [0.05, 0.1) is 6.61 Å². The maximum Gasteiger partial charge on any atom is 0.306 e. The van der Waals surface area contributed by atoms with E-state index in [9.17, 15) is 9.59 Å². The number of rotatable bonds is 49. The number of ether oxygens (including phenoxy) is 3. The summed E-state index contributed by atoms with van der Waals surface area (Å²) in [5.74, 6) is -0.508. The molecule has 0 N–H and O–H groups in total. The van der Waals surface area contributed by atoms with Crippen molar-refractivity contribution in [3.8, 4) is 0 Å². The van der Waals surface area contributed by atoms with Crippen LogP contribution < -0.4 is 0 Å². The molecule has 0 rings (SSSR count). The van der Waals surface area contributed by atoms with Gasteiger partial charge in [-0.1, -0.05) is 220 Å². The number of unbranched alkanes of at least 4 members (excludes halogenated alkanes) is 20. The summed E-state index contributed by atoms with van der Waals surface area (Å²) in [6, 6.07) is 0. The van der Waals surface area contributed by atoms with Crippen LogP contribution in [0.15, 0.2) is 109 Å². The molecule has 0 bridgehead atoms. The highest BCUT2D eigenvalue weighted by molar-refractivity contribution is 5.70. The summed E-state index contributed by atoms with van der Waals surface area (Å²) >= 11 is 0. The third-order valence-electron chi connectivity index (χ3n) is 11.3. The molecule has 376 valence electrons. The molecule has 0 amide bonds. The lowest BCUT2D eigenvalue weighted by Crippen LogP contribution is -2.30. The molecule has 0 radical (unpaired) electrons. The molecule has 0 heterocycles. The summed E-state index contributed by atoms with van der Waals surface area (Å²) in [5.41, 5.74) is 0. The van der Waals surface area contributed by atoms with Crippen LogP contribution >= 0.6 is 0 Å². The Labute approximate surface area is 408 Å². The van der Waals surface area contributed by atoms with Crippen LogP contribution in [0.4, 0.5) is 0 Å². The number of allylic oxidation sites excluding steroid dienone is 18.